The molecular formula is C23H27AsFNO3. The second kappa shape index (κ2) is 9.04. The number of hydrogen-bond donors (Lipinski definition) is 1. The summed E-state index contributed by atoms with van der Waals surface area (Å²) >= 11 is -1.29. The van der Waals surface area contributed by atoms with Crippen molar-refractivity contribution < 1.29 is 18.3 Å². The Morgan fingerprint density at radius 2 is 1.83 bits per heavy atom. The van der Waals surface area contributed by atoms with Crippen molar-refractivity contribution in [3.8, 4) is 17.1 Å². The topological polar surface area (TPSA) is 51.5 Å². The van der Waals surface area contributed by atoms with Gasteiger partial charge in [0, 0.05) is 0 Å². The molecule has 0 aliphatic carbocycles. The van der Waals surface area contributed by atoms with Crippen LogP contribution in [0.2, 0.25) is 10.4 Å². The number of ether oxygens (including phenoxy) is 1. The Labute approximate surface area is 175 Å². The van der Waals surface area contributed by atoms with E-state index in [1.165, 1.54) is 16.5 Å². The molecule has 0 aliphatic rings. The molecule has 0 bridgehead atoms. The van der Waals surface area contributed by atoms with E-state index in [0.717, 1.165) is 16.2 Å². The zero-order valence-electron chi connectivity index (χ0n) is 17.5. The molecular weight excluding hydrogens is 432 g/mol. The van der Waals surface area contributed by atoms with Crippen LogP contribution in [0.3, 0.4) is 0 Å². The van der Waals surface area contributed by atoms with E-state index in [9.17, 15) is 9.18 Å². The molecule has 1 aromatic heterocycles. The van der Waals surface area contributed by atoms with E-state index in [1.807, 2.05) is 19.9 Å². The molecule has 2 aromatic carbocycles. The van der Waals surface area contributed by atoms with Gasteiger partial charge in [-0.1, -0.05) is 0 Å². The summed E-state index contributed by atoms with van der Waals surface area (Å²) in [6.07, 6.45) is 0.0303. The fourth-order valence-corrected chi connectivity index (χ4v) is 7.32. The van der Waals surface area contributed by atoms with Crippen LogP contribution in [-0.2, 0) is 0 Å². The molecule has 3 aromatic rings. The molecule has 154 valence electrons. The van der Waals surface area contributed by atoms with Gasteiger partial charge >= 0.3 is 176 Å². The fourth-order valence-electron chi connectivity index (χ4n) is 3.43. The quantitative estimate of drug-likeness (QED) is 0.499. The zero-order chi connectivity index (χ0) is 21.1. The predicted molar refractivity (Wildman–Crippen MR) is 117 cm³/mol. The van der Waals surface area contributed by atoms with Crippen molar-refractivity contribution in [3.63, 3.8) is 0 Å². The Hall–Kier alpha value is -2.26. The molecule has 1 amide bonds. The van der Waals surface area contributed by atoms with Gasteiger partial charge in [-0.25, -0.2) is 0 Å². The van der Waals surface area contributed by atoms with E-state index < -0.39 is 14.7 Å². The standard InChI is InChI=1S/C23H27AsFNO3/c1-6-24(7-2)18-13-19-17(12-20(18)28-14(3)4)21(23(27)26-5)22(29-19)15-8-10-16(25)11-9-15/h8-14H,6-7H2,1-5H3,(H,26,27). The van der Waals surface area contributed by atoms with Crippen LogP contribution in [0.5, 0.6) is 5.75 Å². The summed E-state index contributed by atoms with van der Waals surface area (Å²) in [4.78, 5) is 12.7. The molecule has 4 nitrogen and oxygen atoms in total. The molecule has 6 heteroatoms. The second-order valence-electron chi connectivity index (χ2n) is 7.05. The maximum absolute atomic E-state index is 13.4. The summed E-state index contributed by atoms with van der Waals surface area (Å²) < 4.78 is 27.0. The number of amides is 1. The fraction of sp³-hybridized carbons (Fsp3) is 0.348. The monoisotopic (exact) mass is 459 g/mol. The molecule has 0 saturated heterocycles. The number of hydrogen-bond acceptors (Lipinski definition) is 3. The van der Waals surface area contributed by atoms with E-state index in [1.54, 1.807) is 19.2 Å². The van der Waals surface area contributed by atoms with Crippen molar-refractivity contribution in [2.45, 2.75) is 44.2 Å². The minimum atomic E-state index is -1.29. The molecule has 29 heavy (non-hydrogen) atoms. The van der Waals surface area contributed by atoms with Crippen LogP contribution in [0.15, 0.2) is 40.8 Å². The van der Waals surface area contributed by atoms with Crippen molar-refractivity contribution in [2.75, 3.05) is 7.05 Å². The van der Waals surface area contributed by atoms with Gasteiger partial charge in [0.1, 0.15) is 0 Å². The number of nitrogens with one attached hydrogen (secondary N) is 1. The molecule has 0 aliphatic heterocycles. The van der Waals surface area contributed by atoms with Gasteiger partial charge in [0.15, 0.2) is 0 Å². The normalized spacial score (nSPS) is 11.4. The number of carbonyl (C=O) groups is 1. The molecule has 0 saturated carbocycles. The number of furan rings is 1. The molecule has 0 unspecified atom stereocenters. The first-order chi connectivity index (χ1) is 13.9. The van der Waals surface area contributed by atoms with E-state index in [-0.39, 0.29) is 17.8 Å². The van der Waals surface area contributed by atoms with Gasteiger partial charge in [-0.3, -0.25) is 0 Å². The van der Waals surface area contributed by atoms with Gasteiger partial charge in [-0.05, 0) is 0 Å². The van der Waals surface area contributed by atoms with Gasteiger partial charge in [-0.2, -0.15) is 0 Å². The van der Waals surface area contributed by atoms with Crippen LogP contribution in [0, 0.1) is 5.82 Å². The van der Waals surface area contributed by atoms with Crippen molar-refractivity contribution >= 4 is 35.9 Å². The van der Waals surface area contributed by atoms with Crippen LogP contribution in [0.1, 0.15) is 38.1 Å². The third kappa shape index (κ3) is 4.35. The Balaban J connectivity index is 2.30. The first kappa shape index (κ1) is 21.4. The van der Waals surface area contributed by atoms with Gasteiger partial charge in [0.25, 0.3) is 0 Å². The van der Waals surface area contributed by atoms with Crippen molar-refractivity contribution in [3.05, 3.63) is 47.8 Å². The summed E-state index contributed by atoms with van der Waals surface area (Å²) in [5, 5.41) is 5.65. The van der Waals surface area contributed by atoms with Crippen molar-refractivity contribution in [1.29, 1.82) is 0 Å². The third-order valence-electron chi connectivity index (χ3n) is 4.80. The van der Waals surface area contributed by atoms with Gasteiger partial charge in [0.05, 0.1) is 0 Å². The Bertz CT molecular complexity index is 1010. The molecule has 3 rings (SSSR count). The molecule has 0 radical (unpaired) electrons. The average Bonchev–Trinajstić information content (AvgIpc) is 3.06. The van der Waals surface area contributed by atoms with Crippen LogP contribution < -0.4 is 14.4 Å². The molecule has 0 fully saturated rings. The number of fused-ring (bicyclic) bond motifs is 1. The average molecular weight is 459 g/mol. The van der Waals surface area contributed by atoms with Gasteiger partial charge < -0.3 is 0 Å². The predicted octanol–water partition coefficient (Wildman–Crippen LogP) is 5.13. The Morgan fingerprint density at radius 3 is 2.38 bits per heavy atom. The molecule has 0 spiro atoms. The summed E-state index contributed by atoms with van der Waals surface area (Å²) in [7, 11) is 1.59. The minimum absolute atomic E-state index is 0.0303. The number of rotatable bonds is 7. The summed E-state index contributed by atoms with van der Waals surface area (Å²) in [5.41, 5.74) is 1.77. The molecule has 1 heterocycles. The zero-order valence-corrected chi connectivity index (χ0v) is 19.4. The summed E-state index contributed by atoms with van der Waals surface area (Å²) in [6, 6.07) is 9.99. The summed E-state index contributed by atoms with van der Waals surface area (Å²) in [5.74, 6) is 0.708. The molecule has 0 atom stereocenters. The van der Waals surface area contributed by atoms with E-state index in [0.29, 0.717) is 27.9 Å². The van der Waals surface area contributed by atoms with E-state index in [4.69, 9.17) is 9.15 Å². The Kier molecular flexibility index (Phi) is 6.69. The first-order valence-electron chi connectivity index (χ1n) is 9.89. The number of carbonyl (C=O) groups excluding carboxylic acids is 1. The third-order valence-corrected chi connectivity index (χ3v) is 10.2. The van der Waals surface area contributed by atoms with E-state index >= 15 is 0 Å². The SMILES string of the molecule is CC[As](CC)c1cc2oc(-c3ccc(F)cc3)c(C(=O)NC)c2cc1OC(C)C. The van der Waals surface area contributed by atoms with Crippen molar-refractivity contribution in [1.82, 2.24) is 5.32 Å². The van der Waals surface area contributed by atoms with Crippen LogP contribution in [0.25, 0.3) is 22.3 Å². The first-order valence-corrected chi connectivity index (χ1v) is 13.5. The van der Waals surface area contributed by atoms with E-state index in [2.05, 4.69) is 25.2 Å². The number of halogens is 1. The maximum atomic E-state index is 13.4. The van der Waals surface area contributed by atoms with Crippen LogP contribution in [-0.4, -0.2) is 33.7 Å². The van der Waals surface area contributed by atoms with Crippen LogP contribution in [0.4, 0.5) is 4.39 Å². The van der Waals surface area contributed by atoms with Crippen molar-refractivity contribution in [2.24, 2.45) is 0 Å². The van der Waals surface area contributed by atoms with Gasteiger partial charge in [0.2, 0.25) is 0 Å². The van der Waals surface area contributed by atoms with Crippen LogP contribution >= 0.6 is 0 Å². The second-order valence-corrected chi connectivity index (χ2v) is 13.0. The van der Waals surface area contributed by atoms with Gasteiger partial charge in [-0.15, -0.1) is 0 Å². The number of benzene rings is 2. The Morgan fingerprint density at radius 1 is 1.17 bits per heavy atom. The molecule has 1 N–H and O–H groups in total. The summed E-state index contributed by atoms with van der Waals surface area (Å²) in [6.45, 7) is 8.44.